The van der Waals surface area contributed by atoms with Crippen LogP contribution in [0.5, 0.6) is 0 Å². The Bertz CT molecular complexity index is 1020. The number of aryl methyl sites for hydroxylation is 2. The molecule has 1 aliphatic heterocycles. The standard InChI is InChI=1S/C17H24N2O5S3/c1-14-19(11-5-6-12-26(20,21)22)16-8-7-15(13-17(16)25-14)27(23,24)18-9-3-2-4-10-18/h7-8,13H,2-6,9-12H2,1H3/p+1. The van der Waals surface area contributed by atoms with Gasteiger partial charge in [-0.15, -0.1) is 0 Å². The van der Waals surface area contributed by atoms with Crippen LogP contribution in [0.3, 0.4) is 0 Å². The highest BCUT2D eigenvalue weighted by Gasteiger charge is 2.27. The first-order valence-corrected chi connectivity index (χ1v) is 12.9. The molecule has 2 aromatic rings. The van der Waals surface area contributed by atoms with Crippen molar-refractivity contribution in [1.29, 1.82) is 0 Å². The molecule has 10 heteroatoms. The summed E-state index contributed by atoms with van der Waals surface area (Å²) in [4.78, 5) is 0.330. The van der Waals surface area contributed by atoms with E-state index < -0.39 is 20.1 Å². The predicted molar refractivity (Wildman–Crippen MR) is 105 cm³/mol. The topological polar surface area (TPSA) is 95.6 Å². The molecule has 0 atom stereocenters. The van der Waals surface area contributed by atoms with E-state index in [0.29, 0.717) is 37.4 Å². The normalized spacial score (nSPS) is 16.8. The number of fused-ring (bicyclic) bond motifs is 1. The maximum absolute atomic E-state index is 12.9. The average Bonchev–Trinajstić information content (AvgIpc) is 2.93. The Morgan fingerprint density at radius 2 is 1.81 bits per heavy atom. The van der Waals surface area contributed by atoms with Crippen LogP contribution >= 0.6 is 11.3 Å². The quantitative estimate of drug-likeness (QED) is 0.411. The van der Waals surface area contributed by atoms with E-state index in [4.69, 9.17) is 4.55 Å². The first-order chi connectivity index (χ1) is 12.7. The van der Waals surface area contributed by atoms with Crippen molar-refractivity contribution in [2.24, 2.45) is 0 Å². The smallest absolute Gasteiger partial charge is 0.264 e. The summed E-state index contributed by atoms with van der Waals surface area (Å²) >= 11 is 1.53. The van der Waals surface area contributed by atoms with E-state index in [0.717, 1.165) is 34.5 Å². The summed E-state index contributed by atoms with van der Waals surface area (Å²) in [6.45, 7) is 3.75. The molecule has 1 aliphatic rings. The molecule has 1 N–H and O–H groups in total. The molecule has 0 spiro atoms. The molecule has 1 fully saturated rings. The molecule has 7 nitrogen and oxygen atoms in total. The Morgan fingerprint density at radius 3 is 2.48 bits per heavy atom. The molecule has 1 aromatic carbocycles. The zero-order valence-electron chi connectivity index (χ0n) is 15.3. The molecule has 0 unspecified atom stereocenters. The molecule has 1 aromatic heterocycles. The van der Waals surface area contributed by atoms with E-state index >= 15 is 0 Å². The Hall–Kier alpha value is -1.07. The molecule has 0 bridgehead atoms. The lowest BCUT2D eigenvalue weighted by Gasteiger charge is -2.25. The highest BCUT2D eigenvalue weighted by molar-refractivity contribution is 7.89. The van der Waals surface area contributed by atoms with Crippen molar-refractivity contribution in [3.05, 3.63) is 23.2 Å². The van der Waals surface area contributed by atoms with E-state index in [1.54, 1.807) is 16.4 Å². The van der Waals surface area contributed by atoms with Gasteiger partial charge in [0.15, 0.2) is 0 Å². The van der Waals surface area contributed by atoms with Crippen molar-refractivity contribution in [3.8, 4) is 0 Å². The van der Waals surface area contributed by atoms with Gasteiger partial charge in [-0.25, -0.2) is 8.42 Å². The Balaban J connectivity index is 1.81. The maximum Gasteiger partial charge on any atom is 0.264 e. The minimum atomic E-state index is -3.93. The fraction of sp³-hybridized carbons (Fsp3) is 0.588. The number of sulfonamides is 1. The molecule has 27 heavy (non-hydrogen) atoms. The molecule has 0 amide bonds. The van der Waals surface area contributed by atoms with E-state index in [9.17, 15) is 16.8 Å². The van der Waals surface area contributed by atoms with Gasteiger partial charge < -0.3 is 0 Å². The van der Waals surface area contributed by atoms with Gasteiger partial charge in [0.1, 0.15) is 11.2 Å². The minimum Gasteiger partial charge on any atom is -0.286 e. The predicted octanol–water partition coefficient (Wildman–Crippen LogP) is 2.34. The molecule has 1 saturated heterocycles. The van der Waals surface area contributed by atoms with Crippen LogP contribution in [0.1, 0.15) is 37.1 Å². The zero-order chi connectivity index (χ0) is 19.7. The van der Waals surface area contributed by atoms with Crippen LogP contribution in [0.4, 0.5) is 0 Å². The lowest BCUT2D eigenvalue weighted by atomic mass is 10.2. The second-order valence-electron chi connectivity index (χ2n) is 6.86. The Labute approximate surface area is 164 Å². The molecule has 0 saturated carbocycles. The van der Waals surface area contributed by atoms with Gasteiger partial charge in [0.25, 0.3) is 10.1 Å². The van der Waals surface area contributed by atoms with Gasteiger partial charge in [-0.05, 0) is 31.4 Å². The summed E-state index contributed by atoms with van der Waals surface area (Å²) < 4.78 is 60.8. The van der Waals surface area contributed by atoms with E-state index in [1.165, 1.54) is 11.3 Å². The molecule has 0 radical (unpaired) electrons. The van der Waals surface area contributed by atoms with Crippen molar-refractivity contribution in [2.75, 3.05) is 18.8 Å². The van der Waals surface area contributed by atoms with Crippen LogP contribution in [-0.2, 0) is 26.7 Å². The summed E-state index contributed by atoms with van der Waals surface area (Å²) in [6, 6.07) is 5.23. The number of benzene rings is 1. The van der Waals surface area contributed by atoms with Crippen molar-refractivity contribution in [3.63, 3.8) is 0 Å². The number of piperidine rings is 1. The van der Waals surface area contributed by atoms with E-state index in [1.807, 2.05) is 13.0 Å². The molecule has 3 rings (SSSR count). The number of unbranched alkanes of at least 4 members (excludes halogenated alkanes) is 1. The van der Waals surface area contributed by atoms with Crippen LogP contribution in [0.2, 0.25) is 0 Å². The third kappa shape index (κ3) is 4.86. The Morgan fingerprint density at radius 1 is 1.11 bits per heavy atom. The van der Waals surface area contributed by atoms with E-state index in [2.05, 4.69) is 4.57 Å². The molecule has 0 aliphatic carbocycles. The van der Waals surface area contributed by atoms with Crippen LogP contribution in [-0.4, -0.2) is 44.5 Å². The van der Waals surface area contributed by atoms with Crippen molar-refractivity contribution >= 4 is 41.7 Å². The highest BCUT2D eigenvalue weighted by atomic mass is 32.2. The van der Waals surface area contributed by atoms with Gasteiger partial charge in [0.05, 0.1) is 10.6 Å². The van der Waals surface area contributed by atoms with Gasteiger partial charge in [0.2, 0.25) is 20.5 Å². The summed E-state index contributed by atoms with van der Waals surface area (Å²) in [5.74, 6) is -0.243. The first kappa shape index (κ1) is 20.7. The van der Waals surface area contributed by atoms with Gasteiger partial charge in [-0.3, -0.25) is 4.55 Å². The number of aromatic nitrogens is 1. The SMILES string of the molecule is Cc1sc2cc(S(=O)(=O)N3CCCCC3)ccc2[n+]1CCCCS(=O)(=O)O. The van der Waals surface area contributed by atoms with Crippen molar-refractivity contribution in [1.82, 2.24) is 4.31 Å². The zero-order valence-corrected chi connectivity index (χ0v) is 17.7. The summed E-state index contributed by atoms with van der Waals surface area (Å²) in [5, 5.41) is 1.03. The second-order valence-corrected chi connectivity index (χ2v) is 11.6. The van der Waals surface area contributed by atoms with Crippen LogP contribution in [0.25, 0.3) is 10.2 Å². The Kier molecular flexibility index (Phi) is 6.21. The monoisotopic (exact) mass is 433 g/mol. The number of nitrogens with zero attached hydrogens (tertiary/aromatic N) is 2. The summed E-state index contributed by atoms with van der Waals surface area (Å²) in [6.07, 6.45) is 3.88. The lowest BCUT2D eigenvalue weighted by Crippen LogP contribution is -2.36. The number of hydrogen-bond acceptors (Lipinski definition) is 5. The summed E-state index contributed by atoms with van der Waals surface area (Å²) in [7, 11) is -7.39. The average molecular weight is 434 g/mol. The number of thiazole rings is 1. The van der Waals surface area contributed by atoms with Crippen molar-refractivity contribution < 1.29 is 26.0 Å². The van der Waals surface area contributed by atoms with Crippen LogP contribution < -0.4 is 4.57 Å². The number of hydrogen-bond donors (Lipinski definition) is 1. The molecule has 2 heterocycles. The van der Waals surface area contributed by atoms with Gasteiger partial charge in [-0.1, -0.05) is 17.8 Å². The highest BCUT2D eigenvalue weighted by Crippen LogP contribution is 2.27. The minimum absolute atomic E-state index is 0.243. The van der Waals surface area contributed by atoms with Gasteiger partial charge in [0, 0.05) is 32.5 Å². The second kappa shape index (κ2) is 8.12. The summed E-state index contributed by atoms with van der Waals surface area (Å²) in [5.41, 5.74) is 0.946. The number of rotatable bonds is 7. The van der Waals surface area contributed by atoms with E-state index in [-0.39, 0.29) is 5.75 Å². The first-order valence-electron chi connectivity index (χ1n) is 9.07. The van der Waals surface area contributed by atoms with Gasteiger partial charge in [-0.2, -0.15) is 17.3 Å². The fourth-order valence-corrected chi connectivity index (χ4v) is 6.70. The maximum atomic E-state index is 12.9. The largest absolute Gasteiger partial charge is 0.286 e. The van der Waals surface area contributed by atoms with Gasteiger partial charge >= 0.3 is 0 Å². The third-order valence-electron chi connectivity index (χ3n) is 4.85. The molecular weight excluding hydrogens is 408 g/mol. The van der Waals surface area contributed by atoms with Crippen LogP contribution in [0, 0.1) is 6.92 Å². The third-order valence-corrected chi connectivity index (χ3v) is 8.61. The molecule has 150 valence electrons. The van der Waals surface area contributed by atoms with Crippen molar-refractivity contribution in [2.45, 2.75) is 50.5 Å². The fourth-order valence-electron chi connectivity index (χ4n) is 3.43. The van der Waals surface area contributed by atoms with Crippen LogP contribution in [0.15, 0.2) is 23.1 Å². The lowest BCUT2D eigenvalue weighted by molar-refractivity contribution is -0.673. The molecular formula is C17H25N2O5S3+.